The van der Waals surface area contributed by atoms with Gasteiger partial charge < -0.3 is 15.5 Å². The van der Waals surface area contributed by atoms with Crippen molar-refractivity contribution < 1.29 is 14.5 Å². The second kappa shape index (κ2) is 10.0. The van der Waals surface area contributed by atoms with Crippen molar-refractivity contribution in [2.24, 2.45) is 5.10 Å². The average Bonchev–Trinajstić information content (AvgIpc) is 2.67. The highest BCUT2D eigenvalue weighted by Gasteiger charge is 2.09. The molecule has 2 rings (SSSR count). The van der Waals surface area contributed by atoms with E-state index < -0.39 is 16.9 Å². The Morgan fingerprint density at radius 3 is 2.66 bits per heavy atom. The maximum atomic E-state index is 11.8. The maximum absolute atomic E-state index is 11.8. The van der Waals surface area contributed by atoms with E-state index in [0.29, 0.717) is 10.6 Å². The van der Waals surface area contributed by atoms with Gasteiger partial charge in [-0.1, -0.05) is 17.7 Å². The molecule has 3 N–H and O–H groups in total. The summed E-state index contributed by atoms with van der Waals surface area (Å²) in [4.78, 5) is 35.6. The monoisotopic (exact) mass is 418 g/mol. The molecule has 0 spiro atoms. The van der Waals surface area contributed by atoms with Gasteiger partial charge in [0.25, 0.3) is 11.6 Å². The van der Waals surface area contributed by atoms with Crippen molar-refractivity contribution in [3.8, 4) is 0 Å². The Morgan fingerprint density at radius 2 is 2.00 bits per heavy atom. The molecule has 29 heavy (non-hydrogen) atoms. The molecule has 10 nitrogen and oxygen atoms in total. The number of amides is 3. The predicted octanol–water partition coefficient (Wildman–Crippen LogP) is 2.59. The maximum Gasteiger partial charge on any atom is 0.319 e. The second-order valence-corrected chi connectivity index (χ2v) is 6.42. The Hall–Kier alpha value is -3.66. The fraction of sp³-hybridized carbons (Fsp3) is 0.167. The number of non-ortho nitro benzene ring substituents is 1. The Bertz CT molecular complexity index is 948. The molecule has 0 aliphatic heterocycles. The van der Waals surface area contributed by atoms with E-state index in [9.17, 15) is 19.7 Å². The van der Waals surface area contributed by atoms with Crippen LogP contribution in [0, 0.1) is 10.1 Å². The van der Waals surface area contributed by atoms with E-state index in [1.807, 2.05) is 25.1 Å². The highest BCUT2D eigenvalue weighted by atomic mass is 35.5. The van der Waals surface area contributed by atoms with Crippen LogP contribution in [0.1, 0.15) is 5.56 Å². The van der Waals surface area contributed by atoms with E-state index in [1.54, 1.807) is 12.1 Å². The van der Waals surface area contributed by atoms with E-state index in [-0.39, 0.29) is 17.9 Å². The summed E-state index contributed by atoms with van der Waals surface area (Å²) < 4.78 is 0. The van der Waals surface area contributed by atoms with Gasteiger partial charge in [-0.3, -0.25) is 14.9 Å². The van der Waals surface area contributed by atoms with Gasteiger partial charge in [-0.05, 0) is 24.3 Å². The van der Waals surface area contributed by atoms with Crippen LogP contribution >= 0.6 is 11.6 Å². The van der Waals surface area contributed by atoms with Crippen molar-refractivity contribution in [1.82, 2.24) is 10.7 Å². The highest BCUT2D eigenvalue weighted by molar-refractivity contribution is 6.33. The minimum atomic E-state index is -0.688. The fourth-order valence-corrected chi connectivity index (χ4v) is 2.37. The summed E-state index contributed by atoms with van der Waals surface area (Å²) in [5.74, 6) is -0.559. The van der Waals surface area contributed by atoms with Crippen molar-refractivity contribution in [2.75, 3.05) is 30.9 Å². The lowest BCUT2D eigenvalue weighted by Gasteiger charge is -2.13. The first kappa shape index (κ1) is 21.6. The molecule has 0 radical (unpaired) electrons. The molecule has 0 saturated heterocycles. The van der Waals surface area contributed by atoms with Gasteiger partial charge in [-0.15, -0.1) is 0 Å². The van der Waals surface area contributed by atoms with Crippen LogP contribution in [0.5, 0.6) is 0 Å². The number of urea groups is 1. The molecule has 0 heterocycles. The van der Waals surface area contributed by atoms with Crippen LogP contribution in [0.3, 0.4) is 0 Å². The van der Waals surface area contributed by atoms with Crippen LogP contribution in [0.2, 0.25) is 5.02 Å². The van der Waals surface area contributed by atoms with Crippen molar-refractivity contribution in [1.29, 1.82) is 0 Å². The van der Waals surface area contributed by atoms with Gasteiger partial charge >= 0.3 is 6.03 Å². The first-order chi connectivity index (χ1) is 13.8. The van der Waals surface area contributed by atoms with Gasteiger partial charge in [-0.25, -0.2) is 10.2 Å². The summed E-state index contributed by atoms with van der Waals surface area (Å²) in [6.07, 6.45) is 1.39. The van der Waals surface area contributed by atoms with Gasteiger partial charge in [-0.2, -0.15) is 5.10 Å². The smallest absolute Gasteiger partial charge is 0.319 e. The number of halogens is 1. The lowest BCUT2D eigenvalue weighted by Crippen LogP contribution is -2.37. The molecule has 0 unspecified atom stereocenters. The number of benzene rings is 2. The number of rotatable bonds is 7. The Kier molecular flexibility index (Phi) is 7.49. The molecule has 11 heteroatoms. The molecule has 0 fully saturated rings. The highest BCUT2D eigenvalue weighted by Crippen LogP contribution is 2.21. The molecule has 0 atom stereocenters. The standard InChI is InChI=1S/C18H19ClN6O4/c1-24(2)14-7-6-12(16(19)9-14)10-21-23-17(26)11-20-18(27)22-13-4-3-5-15(8-13)25(28)29/h3-10H,11H2,1-2H3,(H,23,26)(H2,20,22,27). The fourth-order valence-electron chi connectivity index (χ4n) is 2.15. The van der Waals surface area contributed by atoms with Crippen LogP contribution in [-0.2, 0) is 4.79 Å². The molecule has 0 bridgehead atoms. The number of nitrogens with zero attached hydrogens (tertiary/aromatic N) is 3. The molecular formula is C18H19ClN6O4. The first-order valence-corrected chi connectivity index (χ1v) is 8.72. The minimum Gasteiger partial charge on any atom is -0.378 e. The third kappa shape index (κ3) is 6.78. The zero-order chi connectivity index (χ0) is 21.4. The summed E-state index contributed by atoms with van der Waals surface area (Å²) in [6.45, 7) is -0.342. The average molecular weight is 419 g/mol. The SMILES string of the molecule is CN(C)c1ccc(C=NNC(=O)CNC(=O)Nc2cccc([N+](=O)[O-])c2)c(Cl)c1. The number of hydrogen-bond donors (Lipinski definition) is 3. The van der Waals surface area contributed by atoms with E-state index >= 15 is 0 Å². The number of nitro benzene ring substituents is 1. The molecule has 2 aromatic carbocycles. The third-order valence-electron chi connectivity index (χ3n) is 3.62. The van der Waals surface area contributed by atoms with E-state index in [1.165, 1.54) is 30.5 Å². The molecule has 3 amide bonds. The number of hydrogen-bond acceptors (Lipinski definition) is 6. The normalized spacial score (nSPS) is 10.4. The van der Waals surface area contributed by atoms with E-state index in [4.69, 9.17) is 11.6 Å². The molecule has 0 aliphatic rings. The Morgan fingerprint density at radius 1 is 1.24 bits per heavy atom. The topological polar surface area (TPSA) is 129 Å². The number of nitro groups is 1. The molecule has 2 aromatic rings. The lowest BCUT2D eigenvalue weighted by atomic mass is 10.2. The van der Waals surface area contributed by atoms with Crippen LogP contribution in [0.15, 0.2) is 47.6 Å². The Labute approximate surface area is 171 Å². The number of nitrogens with one attached hydrogen (secondary N) is 3. The van der Waals surface area contributed by atoms with Crippen LogP contribution in [-0.4, -0.2) is 43.7 Å². The van der Waals surface area contributed by atoms with Crippen LogP contribution < -0.4 is 21.0 Å². The zero-order valence-electron chi connectivity index (χ0n) is 15.7. The first-order valence-electron chi connectivity index (χ1n) is 8.34. The zero-order valence-corrected chi connectivity index (χ0v) is 16.4. The minimum absolute atomic E-state index is 0.160. The molecule has 0 aromatic heterocycles. The van der Waals surface area contributed by atoms with Gasteiger partial charge in [0.1, 0.15) is 6.54 Å². The van der Waals surface area contributed by atoms with E-state index in [0.717, 1.165) is 5.69 Å². The summed E-state index contributed by atoms with van der Waals surface area (Å²) in [6, 6.07) is 10.1. The van der Waals surface area contributed by atoms with Gasteiger partial charge in [0.15, 0.2) is 0 Å². The largest absolute Gasteiger partial charge is 0.378 e. The molecule has 0 aliphatic carbocycles. The quantitative estimate of drug-likeness (QED) is 0.361. The summed E-state index contributed by atoms with van der Waals surface area (Å²) in [5.41, 5.74) is 3.88. The number of hydrazone groups is 1. The van der Waals surface area contributed by atoms with Crippen molar-refractivity contribution in [2.45, 2.75) is 0 Å². The lowest BCUT2D eigenvalue weighted by molar-refractivity contribution is -0.384. The van der Waals surface area contributed by atoms with Gasteiger partial charge in [0.2, 0.25) is 0 Å². The van der Waals surface area contributed by atoms with Crippen molar-refractivity contribution >= 4 is 46.8 Å². The van der Waals surface area contributed by atoms with E-state index in [2.05, 4.69) is 21.2 Å². The molecule has 152 valence electrons. The molecular weight excluding hydrogens is 400 g/mol. The van der Waals surface area contributed by atoms with Crippen LogP contribution in [0.25, 0.3) is 0 Å². The summed E-state index contributed by atoms with van der Waals surface area (Å²) in [5, 5.41) is 19.7. The van der Waals surface area contributed by atoms with Crippen molar-refractivity contribution in [3.63, 3.8) is 0 Å². The number of carbonyl (C=O) groups is 2. The third-order valence-corrected chi connectivity index (χ3v) is 3.94. The summed E-state index contributed by atoms with van der Waals surface area (Å²) in [7, 11) is 3.78. The predicted molar refractivity (Wildman–Crippen MR) is 112 cm³/mol. The van der Waals surface area contributed by atoms with Gasteiger partial charge in [0.05, 0.1) is 16.2 Å². The summed E-state index contributed by atoms with van der Waals surface area (Å²) >= 11 is 6.16. The van der Waals surface area contributed by atoms with Crippen molar-refractivity contribution in [3.05, 3.63) is 63.2 Å². The molecule has 0 saturated carbocycles. The number of anilines is 2. The van der Waals surface area contributed by atoms with Gasteiger partial charge in [0, 0.05) is 43.2 Å². The van der Waals surface area contributed by atoms with Crippen LogP contribution in [0.4, 0.5) is 21.9 Å². The number of carbonyl (C=O) groups excluding carboxylic acids is 2. The second-order valence-electron chi connectivity index (χ2n) is 6.01. The Balaban J connectivity index is 1.81.